The second kappa shape index (κ2) is 6.12. The van der Waals surface area contributed by atoms with E-state index < -0.39 is 0 Å². The van der Waals surface area contributed by atoms with Gasteiger partial charge in [0.15, 0.2) is 0 Å². The molecule has 0 spiro atoms. The van der Waals surface area contributed by atoms with Crippen LogP contribution in [0.2, 0.25) is 0 Å². The number of piperidine rings is 1. The fourth-order valence-corrected chi connectivity index (χ4v) is 2.64. The molecule has 1 N–H and O–H groups in total. The van der Waals surface area contributed by atoms with Crippen LogP contribution >= 0.6 is 0 Å². The van der Waals surface area contributed by atoms with Gasteiger partial charge < -0.3 is 10.2 Å². The van der Waals surface area contributed by atoms with E-state index >= 15 is 0 Å². The number of nitrogens with one attached hydrogen (secondary N) is 1. The number of benzene rings is 1. The number of nitro groups is 1. The first-order valence-electron chi connectivity index (χ1n) is 6.76. The van der Waals surface area contributed by atoms with Crippen molar-refractivity contribution in [2.24, 2.45) is 0 Å². The number of para-hydroxylation sites is 1. The zero-order valence-electron chi connectivity index (χ0n) is 11.5. The minimum atomic E-state index is -0.303. The Morgan fingerprint density at radius 2 is 2.00 bits per heavy atom. The molecule has 0 aromatic heterocycles. The molecule has 1 aliphatic rings. The molecule has 1 atom stereocenters. The quantitative estimate of drug-likeness (QED) is 0.669. The molecule has 1 fully saturated rings. The number of nitrogens with zero attached hydrogens (tertiary/aromatic N) is 2. The van der Waals surface area contributed by atoms with Crippen LogP contribution in [0.5, 0.6) is 0 Å². The molecule has 5 nitrogen and oxygen atoms in total. The van der Waals surface area contributed by atoms with Gasteiger partial charge in [0, 0.05) is 23.7 Å². The van der Waals surface area contributed by atoms with Gasteiger partial charge in [0.2, 0.25) is 0 Å². The van der Waals surface area contributed by atoms with Gasteiger partial charge in [-0.2, -0.15) is 0 Å². The Hall–Kier alpha value is -1.46. The zero-order valence-corrected chi connectivity index (χ0v) is 11.5. The van der Waals surface area contributed by atoms with Gasteiger partial charge in [0.1, 0.15) is 0 Å². The average molecular weight is 263 g/mol. The molecule has 0 amide bonds. The van der Waals surface area contributed by atoms with E-state index in [0.717, 1.165) is 31.5 Å². The molecular weight excluding hydrogens is 242 g/mol. The molecule has 19 heavy (non-hydrogen) atoms. The van der Waals surface area contributed by atoms with Crippen LogP contribution in [-0.2, 0) is 0 Å². The van der Waals surface area contributed by atoms with Crippen LogP contribution in [0.4, 0.5) is 5.69 Å². The van der Waals surface area contributed by atoms with Crippen LogP contribution in [0.1, 0.15) is 31.4 Å². The SMILES string of the molecule is CC(NC1CCN(C)CC1)c1ccccc1[N+](=O)[O-]. The molecule has 0 aliphatic carbocycles. The summed E-state index contributed by atoms with van der Waals surface area (Å²) in [5, 5.41) is 14.6. The average Bonchev–Trinajstić information content (AvgIpc) is 2.41. The topological polar surface area (TPSA) is 58.4 Å². The van der Waals surface area contributed by atoms with E-state index in [2.05, 4.69) is 17.3 Å². The summed E-state index contributed by atoms with van der Waals surface area (Å²) in [6.45, 7) is 4.17. The Labute approximate surface area is 113 Å². The van der Waals surface area contributed by atoms with Crippen molar-refractivity contribution in [2.75, 3.05) is 20.1 Å². The summed E-state index contributed by atoms with van der Waals surface area (Å²) in [4.78, 5) is 13.0. The van der Waals surface area contributed by atoms with Crippen molar-refractivity contribution in [2.45, 2.75) is 31.8 Å². The fraction of sp³-hybridized carbons (Fsp3) is 0.571. The molecule has 0 bridgehead atoms. The first-order valence-corrected chi connectivity index (χ1v) is 6.76. The van der Waals surface area contributed by atoms with Gasteiger partial charge in [0.25, 0.3) is 5.69 Å². The van der Waals surface area contributed by atoms with Gasteiger partial charge in [-0.05, 0) is 39.9 Å². The Bertz CT molecular complexity index is 442. The van der Waals surface area contributed by atoms with Crippen molar-refractivity contribution < 1.29 is 4.92 Å². The highest BCUT2D eigenvalue weighted by atomic mass is 16.6. The number of hydrogen-bond acceptors (Lipinski definition) is 4. The van der Waals surface area contributed by atoms with E-state index in [-0.39, 0.29) is 16.7 Å². The summed E-state index contributed by atoms with van der Waals surface area (Å²) in [6.07, 6.45) is 2.20. The second-order valence-corrected chi connectivity index (χ2v) is 5.28. The molecule has 1 heterocycles. The predicted octanol–water partition coefficient (Wildman–Crippen LogP) is 2.34. The third kappa shape index (κ3) is 3.52. The second-order valence-electron chi connectivity index (χ2n) is 5.28. The highest BCUT2D eigenvalue weighted by molar-refractivity contribution is 5.41. The number of likely N-dealkylation sites (tertiary alicyclic amines) is 1. The largest absolute Gasteiger partial charge is 0.307 e. The van der Waals surface area contributed by atoms with Gasteiger partial charge in [0.05, 0.1) is 4.92 Å². The summed E-state index contributed by atoms with van der Waals surface area (Å²) in [5.74, 6) is 0. The molecule has 0 radical (unpaired) electrons. The first-order chi connectivity index (χ1) is 9.08. The number of nitro benzene ring substituents is 1. The van der Waals surface area contributed by atoms with Crippen LogP contribution in [0.15, 0.2) is 24.3 Å². The van der Waals surface area contributed by atoms with Gasteiger partial charge in [-0.25, -0.2) is 0 Å². The third-order valence-electron chi connectivity index (χ3n) is 3.80. The lowest BCUT2D eigenvalue weighted by atomic mass is 10.0. The van der Waals surface area contributed by atoms with Gasteiger partial charge in [-0.1, -0.05) is 18.2 Å². The lowest BCUT2D eigenvalue weighted by molar-refractivity contribution is -0.385. The molecule has 104 valence electrons. The summed E-state index contributed by atoms with van der Waals surface area (Å²) in [6, 6.07) is 7.44. The van der Waals surface area contributed by atoms with Crippen molar-refractivity contribution in [1.82, 2.24) is 10.2 Å². The van der Waals surface area contributed by atoms with Gasteiger partial charge in [-0.3, -0.25) is 10.1 Å². The Morgan fingerprint density at radius 3 is 2.63 bits per heavy atom. The van der Waals surface area contributed by atoms with Crippen molar-refractivity contribution in [1.29, 1.82) is 0 Å². The molecule has 1 aromatic rings. The highest BCUT2D eigenvalue weighted by Gasteiger charge is 2.22. The molecule has 0 saturated carbocycles. The first kappa shape index (κ1) is 14.0. The standard InChI is InChI=1S/C14H21N3O2/c1-11(15-12-7-9-16(2)10-8-12)13-5-3-4-6-14(13)17(18)19/h3-6,11-12,15H,7-10H2,1-2H3. The van der Waals surface area contributed by atoms with Crippen LogP contribution in [0.3, 0.4) is 0 Å². The van der Waals surface area contributed by atoms with Crippen molar-refractivity contribution in [3.05, 3.63) is 39.9 Å². The normalized spacial score (nSPS) is 19.3. The molecule has 1 saturated heterocycles. The maximum atomic E-state index is 11.0. The van der Waals surface area contributed by atoms with E-state index in [9.17, 15) is 10.1 Å². The third-order valence-corrected chi connectivity index (χ3v) is 3.80. The molecular formula is C14H21N3O2. The number of hydrogen-bond donors (Lipinski definition) is 1. The summed E-state index contributed by atoms with van der Waals surface area (Å²) in [7, 11) is 2.13. The van der Waals surface area contributed by atoms with Gasteiger partial charge in [-0.15, -0.1) is 0 Å². The van der Waals surface area contributed by atoms with Gasteiger partial charge >= 0.3 is 0 Å². The van der Waals surface area contributed by atoms with Crippen molar-refractivity contribution in [3.8, 4) is 0 Å². The Kier molecular flexibility index (Phi) is 4.50. The zero-order chi connectivity index (χ0) is 13.8. The molecule has 5 heteroatoms. The molecule has 2 rings (SSSR count). The van der Waals surface area contributed by atoms with E-state index in [0.29, 0.717) is 6.04 Å². The maximum Gasteiger partial charge on any atom is 0.274 e. The Balaban J connectivity index is 2.03. The summed E-state index contributed by atoms with van der Waals surface area (Å²) in [5.41, 5.74) is 0.974. The summed E-state index contributed by atoms with van der Waals surface area (Å²) >= 11 is 0. The lowest BCUT2D eigenvalue weighted by Gasteiger charge is -2.31. The molecule has 1 aromatic carbocycles. The van der Waals surface area contributed by atoms with E-state index in [4.69, 9.17) is 0 Å². The van der Waals surface area contributed by atoms with E-state index in [1.54, 1.807) is 12.1 Å². The van der Waals surface area contributed by atoms with E-state index in [1.165, 1.54) is 0 Å². The Morgan fingerprint density at radius 1 is 1.37 bits per heavy atom. The number of rotatable bonds is 4. The van der Waals surface area contributed by atoms with Crippen molar-refractivity contribution in [3.63, 3.8) is 0 Å². The lowest BCUT2D eigenvalue weighted by Crippen LogP contribution is -2.41. The van der Waals surface area contributed by atoms with Crippen LogP contribution in [0, 0.1) is 10.1 Å². The van der Waals surface area contributed by atoms with Crippen molar-refractivity contribution >= 4 is 5.69 Å². The monoisotopic (exact) mass is 263 g/mol. The summed E-state index contributed by atoms with van der Waals surface area (Å²) < 4.78 is 0. The highest BCUT2D eigenvalue weighted by Crippen LogP contribution is 2.25. The van der Waals surface area contributed by atoms with E-state index in [1.807, 2.05) is 19.1 Å². The smallest absolute Gasteiger partial charge is 0.274 e. The predicted molar refractivity (Wildman–Crippen MR) is 75.2 cm³/mol. The van der Waals surface area contributed by atoms with Crippen LogP contribution in [0.25, 0.3) is 0 Å². The van der Waals surface area contributed by atoms with Crippen LogP contribution < -0.4 is 5.32 Å². The minimum absolute atomic E-state index is 0.00926. The fourth-order valence-electron chi connectivity index (χ4n) is 2.64. The minimum Gasteiger partial charge on any atom is -0.307 e. The molecule has 1 aliphatic heterocycles. The van der Waals surface area contributed by atoms with Crippen LogP contribution in [-0.4, -0.2) is 36.0 Å². The maximum absolute atomic E-state index is 11.0. The molecule has 1 unspecified atom stereocenters.